The fraction of sp³-hybridized carbons (Fsp3) is 0.765. The fourth-order valence-corrected chi connectivity index (χ4v) is 1.59. The number of hydrogen-bond acceptors (Lipinski definition) is 3. The van der Waals surface area contributed by atoms with E-state index in [2.05, 4.69) is 43.7 Å². The lowest BCUT2D eigenvalue weighted by molar-refractivity contribution is -0.171. The van der Waals surface area contributed by atoms with Crippen LogP contribution in [0.15, 0.2) is 0 Å². The van der Waals surface area contributed by atoms with Gasteiger partial charge in [0.1, 0.15) is 6.54 Å². The number of halogens is 3. The highest BCUT2D eigenvalue weighted by atomic mass is 19.4. The number of rotatable bonds is 2. The lowest BCUT2D eigenvalue weighted by Crippen LogP contribution is -2.39. The quantitative estimate of drug-likeness (QED) is 0.756. The third-order valence-electron chi connectivity index (χ3n) is 2.57. The van der Waals surface area contributed by atoms with Crippen molar-refractivity contribution in [1.82, 2.24) is 10.2 Å². The molecule has 0 aromatic rings. The first kappa shape index (κ1) is 27.9. The summed E-state index contributed by atoms with van der Waals surface area (Å²) in [6, 6.07) is 0. The second kappa shape index (κ2) is 15.6. The van der Waals surface area contributed by atoms with Crippen LogP contribution in [0.5, 0.6) is 0 Å². The molecule has 8 heteroatoms. The maximum absolute atomic E-state index is 12.3. The van der Waals surface area contributed by atoms with Crippen molar-refractivity contribution in [1.29, 1.82) is 0 Å². The Kier molecular flexibility index (Phi) is 17.4. The highest BCUT2D eigenvalue weighted by molar-refractivity contribution is 5.82. The summed E-state index contributed by atoms with van der Waals surface area (Å²) in [6.07, 6.45) is 2.85. The van der Waals surface area contributed by atoms with Crippen molar-refractivity contribution in [3.8, 4) is 12.8 Å². The number of carbonyl (C=O) groups excluding carboxylic acids is 2. The van der Waals surface area contributed by atoms with E-state index in [9.17, 15) is 22.8 Å². The first-order chi connectivity index (χ1) is 11.6. The van der Waals surface area contributed by atoms with Crippen molar-refractivity contribution in [3.63, 3.8) is 0 Å². The van der Waals surface area contributed by atoms with Crippen LogP contribution in [0, 0.1) is 24.7 Å². The molecule has 1 N–H and O–H groups in total. The van der Waals surface area contributed by atoms with Crippen LogP contribution in [0.25, 0.3) is 0 Å². The molecule has 0 aromatic carbocycles. The van der Waals surface area contributed by atoms with Gasteiger partial charge < -0.3 is 15.0 Å². The molecular weight excluding hydrogens is 337 g/mol. The van der Waals surface area contributed by atoms with Crippen LogP contribution >= 0.6 is 0 Å². The van der Waals surface area contributed by atoms with Crippen molar-refractivity contribution in [2.24, 2.45) is 11.8 Å². The first-order valence-electron chi connectivity index (χ1n) is 8.07. The molecule has 0 spiro atoms. The summed E-state index contributed by atoms with van der Waals surface area (Å²) in [5.74, 6) is -1.17. The second-order valence-electron chi connectivity index (χ2n) is 5.44. The van der Waals surface area contributed by atoms with Gasteiger partial charge in [0.25, 0.3) is 0 Å². The van der Waals surface area contributed by atoms with E-state index in [-0.39, 0.29) is 26.1 Å². The Labute approximate surface area is 149 Å². The van der Waals surface area contributed by atoms with E-state index >= 15 is 0 Å². The lowest BCUT2D eigenvalue weighted by atomic mass is 10.1. The number of amides is 2. The van der Waals surface area contributed by atoms with Crippen molar-refractivity contribution >= 4 is 12.0 Å². The Morgan fingerprint density at radius 2 is 1.68 bits per heavy atom. The summed E-state index contributed by atoms with van der Waals surface area (Å²) >= 11 is 0. The third kappa shape index (κ3) is 15.4. The molecule has 1 aliphatic heterocycles. The van der Waals surface area contributed by atoms with Crippen LogP contribution in [0.1, 0.15) is 41.0 Å². The van der Waals surface area contributed by atoms with E-state index in [1.54, 1.807) is 0 Å². The van der Waals surface area contributed by atoms with E-state index in [0.717, 1.165) is 17.9 Å². The topological polar surface area (TPSA) is 58.6 Å². The van der Waals surface area contributed by atoms with Gasteiger partial charge in [-0.2, -0.15) is 13.2 Å². The summed E-state index contributed by atoms with van der Waals surface area (Å²) in [5.41, 5.74) is 0. The molecule has 0 aromatic heterocycles. The van der Waals surface area contributed by atoms with Crippen LogP contribution in [0.4, 0.5) is 18.0 Å². The average Bonchev–Trinajstić information content (AvgIpc) is 3.06. The van der Waals surface area contributed by atoms with Gasteiger partial charge in [-0.15, -0.1) is 12.8 Å². The molecule has 1 atom stereocenters. The van der Waals surface area contributed by atoms with Crippen LogP contribution < -0.4 is 5.32 Å². The van der Waals surface area contributed by atoms with Gasteiger partial charge in [0, 0.05) is 13.1 Å². The smallest absolute Gasteiger partial charge is 0.407 e. The third-order valence-corrected chi connectivity index (χ3v) is 2.57. The predicted molar refractivity (Wildman–Crippen MR) is 92.9 cm³/mol. The number of nitrogens with one attached hydrogen (secondary N) is 1. The Bertz CT molecular complexity index is 380. The molecule has 25 heavy (non-hydrogen) atoms. The summed E-state index contributed by atoms with van der Waals surface area (Å²) in [7, 11) is 1.13. The summed E-state index contributed by atoms with van der Waals surface area (Å²) in [5, 5.41) is 2.13. The number of likely N-dealkylation sites (tertiary alicyclic amines) is 1. The number of methoxy groups -OCH3 is 1. The average molecular weight is 368 g/mol. The summed E-state index contributed by atoms with van der Waals surface area (Å²) in [6.45, 7) is 9.87. The molecule has 0 radical (unpaired) electrons. The van der Waals surface area contributed by atoms with Crippen LogP contribution in [-0.4, -0.2) is 49.8 Å². The van der Waals surface area contributed by atoms with Crippen molar-refractivity contribution in [2.45, 2.75) is 47.2 Å². The predicted octanol–water partition coefficient (Wildman–Crippen LogP) is 3.69. The van der Waals surface area contributed by atoms with Crippen LogP contribution in [0.3, 0.4) is 0 Å². The highest BCUT2D eigenvalue weighted by Crippen LogP contribution is 2.33. The zero-order valence-corrected chi connectivity index (χ0v) is 15.9. The normalized spacial score (nSPS) is 15.5. The van der Waals surface area contributed by atoms with E-state index in [1.165, 1.54) is 0 Å². The van der Waals surface area contributed by atoms with Gasteiger partial charge in [-0.1, -0.05) is 34.6 Å². The van der Waals surface area contributed by atoms with Gasteiger partial charge in [0.2, 0.25) is 5.91 Å². The van der Waals surface area contributed by atoms with Crippen LogP contribution in [-0.2, 0) is 9.53 Å². The molecular formula is C17H31F3N2O3. The number of carbonyl (C=O) groups is 2. The highest BCUT2D eigenvalue weighted by Gasteiger charge is 2.44. The largest absolute Gasteiger partial charge is 0.453 e. The minimum absolute atomic E-state index is 0.0614. The minimum atomic E-state index is -4.27. The number of hydrogen-bond donors (Lipinski definition) is 1. The van der Waals surface area contributed by atoms with E-state index in [4.69, 9.17) is 0 Å². The second-order valence-corrected chi connectivity index (χ2v) is 5.44. The zero-order chi connectivity index (χ0) is 20.6. The summed E-state index contributed by atoms with van der Waals surface area (Å²) < 4.78 is 41.3. The van der Waals surface area contributed by atoms with Crippen LogP contribution in [0.2, 0.25) is 0 Å². The molecule has 5 nitrogen and oxygen atoms in total. The van der Waals surface area contributed by atoms with Gasteiger partial charge in [-0.3, -0.25) is 4.79 Å². The molecule has 0 unspecified atom stereocenters. The SMILES string of the molecule is C#C.CC.CC(C)C.COC(=O)NCC(=O)N1CC[C@@H](C(F)(F)F)C1. The Morgan fingerprint density at radius 1 is 1.24 bits per heavy atom. The number of alkyl halides is 3. The van der Waals surface area contributed by atoms with Crippen molar-refractivity contribution in [3.05, 3.63) is 0 Å². The number of alkyl carbamates (subject to hydrolysis) is 1. The maximum Gasteiger partial charge on any atom is 0.407 e. The van der Waals surface area contributed by atoms with Crippen molar-refractivity contribution < 1.29 is 27.5 Å². The molecule has 2 amide bonds. The van der Waals surface area contributed by atoms with Gasteiger partial charge in [-0.25, -0.2) is 4.79 Å². The van der Waals surface area contributed by atoms with Crippen molar-refractivity contribution in [2.75, 3.05) is 26.7 Å². The number of terminal acetylenes is 1. The minimum Gasteiger partial charge on any atom is -0.453 e. The van der Waals surface area contributed by atoms with Gasteiger partial charge in [-0.05, 0) is 12.3 Å². The zero-order valence-electron chi connectivity index (χ0n) is 15.9. The maximum atomic E-state index is 12.3. The monoisotopic (exact) mass is 368 g/mol. The Balaban J connectivity index is -0.000000518. The molecule has 0 bridgehead atoms. The standard InChI is InChI=1S/C9H13F3N2O3.C4H10.C2H6.C2H2/c1-17-8(16)13-4-7(15)14-3-2-6(5-14)9(10,11)12;1-4(2)3;2*1-2/h6H,2-5H2,1H3,(H,13,16);4H,1-3H3;1-2H3;1-2H/t6-;;;/m1.../s1. The Morgan fingerprint density at radius 3 is 2.00 bits per heavy atom. The van der Waals surface area contributed by atoms with E-state index < -0.39 is 24.1 Å². The van der Waals surface area contributed by atoms with Gasteiger partial charge >= 0.3 is 12.3 Å². The molecule has 0 saturated carbocycles. The fourth-order valence-electron chi connectivity index (χ4n) is 1.59. The molecule has 1 aliphatic rings. The lowest BCUT2D eigenvalue weighted by Gasteiger charge is -2.17. The molecule has 1 rings (SSSR count). The van der Waals surface area contributed by atoms with Gasteiger partial charge in [0.15, 0.2) is 0 Å². The molecule has 1 fully saturated rings. The molecule has 1 saturated heterocycles. The van der Waals surface area contributed by atoms with E-state index in [0.29, 0.717) is 0 Å². The van der Waals surface area contributed by atoms with E-state index in [1.807, 2.05) is 13.8 Å². The van der Waals surface area contributed by atoms with Gasteiger partial charge in [0.05, 0.1) is 13.0 Å². The number of ether oxygens (including phenoxy) is 1. The Hall–Kier alpha value is -1.91. The molecule has 0 aliphatic carbocycles. The summed E-state index contributed by atoms with van der Waals surface area (Å²) in [4.78, 5) is 23.2. The molecule has 148 valence electrons. The first-order valence-corrected chi connectivity index (χ1v) is 8.07. The molecule has 1 heterocycles. The number of nitrogens with zero attached hydrogens (tertiary/aromatic N) is 1.